The van der Waals surface area contributed by atoms with E-state index in [2.05, 4.69) is 50.0 Å². The molecule has 3 heterocycles. The molecular formula is C27H29BrN6O2. The molecule has 4 aromatic rings. The zero-order valence-corrected chi connectivity index (χ0v) is 22.1. The first-order valence-corrected chi connectivity index (χ1v) is 12.8. The minimum atomic E-state index is -0.373. The first-order valence-electron chi connectivity index (χ1n) is 12.0. The highest BCUT2D eigenvalue weighted by molar-refractivity contribution is 9.10. The third-order valence-electron chi connectivity index (χ3n) is 6.71. The van der Waals surface area contributed by atoms with Gasteiger partial charge in [0.1, 0.15) is 0 Å². The largest absolute Gasteiger partial charge is 0.340 e. The van der Waals surface area contributed by atoms with Crippen molar-refractivity contribution < 1.29 is 0 Å². The number of benzene rings is 2. The summed E-state index contributed by atoms with van der Waals surface area (Å²) in [5.41, 5.74) is 2.43. The second-order valence-electron chi connectivity index (χ2n) is 9.10. The van der Waals surface area contributed by atoms with Crippen molar-refractivity contribution in [1.29, 1.82) is 0 Å². The summed E-state index contributed by atoms with van der Waals surface area (Å²) in [6.45, 7) is 4.73. The predicted molar refractivity (Wildman–Crippen MR) is 148 cm³/mol. The average Bonchev–Trinajstić information content (AvgIpc) is 3.28. The lowest BCUT2D eigenvalue weighted by molar-refractivity contribution is 0.282. The number of piperazine rings is 1. The van der Waals surface area contributed by atoms with Crippen LogP contribution in [0.15, 0.2) is 74.7 Å². The summed E-state index contributed by atoms with van der Waals surface area (Å²) in [5, 5.41) is 0. The van der Waals surface area contributed by atoms with Gasteiger partial charge < -0.3 is 4.90 Å². The molecule has 1 aliphatic rings. The van der Waals surface area contributed by atoms with E-state index >= 15 is 0 Å². The Balaban J connectivity index is 1.42. The van der Waals surface area contributed by atoms with E-state index in [0.717, 1.165) is 53.3 Å². The Morgan fingerprint density at radius 1 is 0.917 bits per heavy atom. The van der Waals surface area contributed by atoms with Crippen LogP contribution in [-0.4, -0.2) is 56.3 Å². The lowest BCUT2D eigenvalue weighted by Gasteiger charge is -2.35. The summed E-state index contributed by atoms with van der Waals surface area (Å²) in [6, 6.07) is 18.3. The van der Waals surface area contributed by atoms with Gasteiger partial charge in [-0.3, -0.25) is 23.4 Å². The molecule has 0 N–H and O–H groups in total. The molecule has 8 nitrogen and oxygen atoms in total. The molecule has 186 valence electrons. The highest BCUT2D eigenvalue weighted by Gasteiger charge is 2.25. The molecule has 36 heavy (non-hydrogen) atoms. The van der Waals surface area contributed by atoms with Crippen molar-refractivity contribution in [1.82, 2.24) is 23.6 Å². The molecule has 5 rings (SSSR count). The van der Waals surface area contributed by atoms with Gasteiger partial charge in [-0.05, 0) is 23.3 Å². The van der Waals surface area contributed by atoms with E-state index in [0.29, 0.717) is 17.7 Å². The Labute approximate surface area is 217 Å². The second kappa shape index (κ2) is 10.3. The van der Waals surface area contributed by atoms with Crippen LogP contribution in [0.2, 0.25) is 0 Å². The number of hydrogen-bond donors (Lipinski definition) is 0. The Morgan fingerprint density at radius 2 is 1.61 bits per heavy atom. The van der Waals surface area contributed by atoms with Crippen LogP contribution in [-0.2, 0) is 20.6 Å². The van der Waals surface area contributed by atoms with Gasteiger partial charge in [0.25, 0.3) is 5.56 Å². The summed E-state index contributed by atoms with van der Waals surface area (Å²) >= 11 is 3.49. The summed E-state index contributed by atoms with van der Waals surface area (Å²) in [4.78, 5) is 35.3. The monoisotopic (exact) mass is 548 g/mol. The first kappa shape index (κ1) is 24.3. The van der Waals surface area contributed by atoms with Crippen molar-refractivity contribution in [3.05, 3.63) is 97.1 Å². The third-order valence-corrected chi connectivity index (χ3v) is 7.24. The summed E-state index contributed by atoms with van der Waals surface area (Å²) < 4.78 is 5.58. The summed E-state index contributed by atoms with van der Waals surface area (Å²) in [5.74, 6) is 0.727. The molecule has 2 aromatic heterocycles. The number of nitrogens with zero attached hydrogens (tertiary/aromatic N) is 6. The van der Waals surface area contributed by atoms with E-state index in [1.165, 1.54) is 17.2 Å². The van der Waals surface area contributed by atoms with Gasteiger partial charge in [-0.15, -0.1) is 0 Å². The van der Waals surface area contributed by atoms with Crippen molar-refractivity contribution in [3.63, 3.8) is 0 Å². The molecule has 1 fully saturated rings. The van der Waals surface area contributed by atoms with Crippen LogP contribution >= 0.6 is 15.9 Å². The van der Waals surface area contributed by atoms with E-state index in [1.54, 1.807) is 7.05 Å². The molecule has 0 spiro atoms. The molecule has 0 atom stereocenters. The SMILES string of the molecule is Cn1c(=O)c2c(nc(N3CCN(C/C=C/c4ccccc4)CC3)n2Cc2ccc(Br)cc2)n(C)c1=O. The van der Waals surface area contributed by atoms with Gasteiger partial charge in [-0.25, -0.2) is 4.79 Å². The third kappa shape index (κ3) is 4.81. The van der Waals surface area contributed by atoms with Crippen LogP contribution in [0.3, 0.4) is 0 Å². The van der Waals surface area contributed by atoms with E-state index in [9.17, 15) is 9.59 Å². The van der Waals surface area contributed by atoms with Crippen molar-refractivity contribution in [2.45, 2.75) is 6.54 Å². The Bertz CT molecular complexity index is 1510. The fourth-order valence-electron chi connectivity index (χ4n) is 4.63. The van der Waals surface area contributed by atoms with Crippen molar-refractivity contribution in [2.75, 3.05) is 37.6 Å². The average molecular weight is 549 g/mol. The molecule has 0 radical (unpaired) electrons. The normalized spacial score (nSPS) is 14.8. The van der Waals surface area contributed by atoms with Crippen LogP contribution in [0, 0.1) is 0 Å². The fraction of sp³-hybridized carbons (Fsp3) is 0.296. The molecule has 0 unspecified atom stereocenters. The van der Waals surface area contributed by atoms with Crippen LogP contribution < -0.4 is 16.1 Å². The number of imidazole rings is 1. The zero-order valence-electron chi connectivity index (χ0n) is 20.5. The van der Waals surface area contributed by atoms with Gasteiger partial charge in [0.05, 0.1) is 6.54 Å². The standard InChI is InChI=1S/C27H29BrN6O2/c1-30-24-23(25(35)31(2)27(30)36)34(19-21-10-12-22(28)13-11-21)26(29-24)33-17-15-32(16-18-33)14-6-9-20-7-4-3-5-8-20/h3-13H,14-19H2,1-2H3/b9-6+. The van der Waals surface area contributed by atoms with Gasteiger partial charge in [0.2, 0.25) is 5.95 Å². The zero-order chi connectivity index (χ0) is 25.2. The van der Waals surface area contributed by atoms with Gasteiger partial charge in [-0.2, -0.15) is 4.98 Å². The molecule has 9 heteroatoms. The van der Waals surface area contributed by atoms with Gasteiger partial charge in [0.15, 0.2) is 11.2 Å². The van der Waals surface area contributed by atoms with Crippen molar-refractivity contribution in [3.8, 4) is 0 Å². The van der Waals surface area contributed by atoms with Crippen molar-refractivity contribution >= 4 is 39.1 Å². The Kier molecular flexibility index (Phi) is 6.93. The molecule has 1 aliphatic heterocycles. The highest BCUT2D eigenvalue weighted by atomic mass is 79.9. The van der Waals surface area contributed by atoms with Gasteiger partial charge in [0, 0.05) is 51.3 Å². The van der Waals surface area contributed by atoms with E-state index < -0.39 is 0 Å². The smallest absolute Gasteiger partial charge is 0.332 e. The lowest BCUT2D eigenvalue weighted by Crippen LogP contribution is -2.47. The quantitative estimate of drug-likeness (QED) is 0.370. The van der Waals surface area contributed by atoms with Gasteiger partial charge in [-0.1, -0.05) is 70.5 Å². The number of halogens is 1. The summed E-state index contributed by atoms with van der Waals surface area (Å²) in [6.07, 6.45) is 4.35. The molecule has 0 saturated carbocycles. The fourth-order valence-corrected chi connectivity index (χ4v) is 4.90. The maximum Gasteiger partial charge on any atom is 0.332 e. The van der Waals surface area contributed by atoms with E-state index in [4.69, 9.17) is 4.98 Å². The van der Waals surface area contributed by atoms with Crippen LogP contribution in [0.25, 0.3) is 17.2 Å². The van der Waals surface area contributed by atoms with Gasteiger partial charge >= 0.3 is 5.69 Å². The van der Waals surface area contributed by atoms with E-state index in [-0.39, 0.29) is 11.2 Å². The summed E-state index contributed by atoms with van der Waals surface area (Å²) in [7, 11) is 3.18. The highest BCUT2D eigenvalue weighted by Crippen LogP contribution is 2.23. The number of aromatic nitrogens is 4. The van der Waals surface area contributed by atoms with E-state index in [1.807, 2.05) is 47.0 Å². The number of aryl methyl sites for hydroxylation is 1. The minimum absolute atomic E-state index is 0.325. The molecule has 1 saturated heterocycles. The number of fused-ring (bicyclic) bond motifs is 1. The first-order chi connectivity index (χ1) is 17.4. The van der Waals surface area contributed by atoms with Crippen LogP contribution in [0.5, 0.6) is 0 Å². The Hall–Kier alpha value is -3.43. The molecule has 0 aliphatic carbocycles. The minimum Gasteiger partial charge on any atom is -0.340 e. The maximum atomic E-state index is 13.2. The van der Waals surface area contributed by atoms with Crippen LogP contribution in [0.1, 0.15) is 11.1 Å². The van der Waals surface area contributed by atoms with Crippen LogP contribution in [0.4, 0.5) is 5.95 Å². The Morgan fingerprint density at radius 3 is 2.31 bits per heavy atom. The van der Waals surface area contributed by atoms with Crippen molar-refractivity contribution in [2.24, 2.45) is 14.1 Å². The number of rotatable bonds is 6. The molecular weight excluding hydrogens is 520 g/mol. The molecule has 0 bridgehead atoms. The molecule has 0 amide bonds. The number of anilines is 1. The lowest BCUT2D eigenvalue weighted by atomic mass is 10.2. The second-order valence-corrected chi connectivity index (χ2v) is 10.0. The topological polar surface area (TPSA) is 68.3 Å². The number of hydrogen-bond acceptors (Lipinski definition) is 5. The predicted octanol–water partition coefficient (Wildman–Crippen LogP) is 3.08. The molecule has 2 aromatic carbocycles. The maximum absolute atomic E-state index is 13.2.